The van der Waals surface area contributed by atoms with Crippen LogP contribution in [0.2, 0.25) is 0 Å². The molecule has 2 amide bonds. The molecule has 1 radical (unpaired) electrons. The number of carbonyl (C=O) groups excluding carboxylic acids is 2. The van der Waals surface area contributed by atoms with E-state index in [0.29, 0.717) is 25.9 Å². The van der Waals surface area contributed by atoms with Gasteiger partial charge < -0.3 is 10.6 Å². The van der Waals surface area contributed by atoms with Gasteiger partial charge in [-0.25, -0.2) is 0 Å². The number of hydrogen-bond donors (Lipinski definition) is 1. The van der Waals surface area contributed by atoms with Crippen LogP contribution >= 0.6 is 0 Å². The number of likely N-dealkylation sites (tertiary alicyclic amines) is 1. The van der Waals surface area contributed by atoms with Gasteiger partial charge in [-0.1, -0.05) is 44.2 Å². The smallest absolute Gasteiger partial charge is 0.226 e. The standard InChI is InChI=1S/C18H25N2O2/c1-18(2)12-15(17(19)22)10-11-20(13-18)16(21)9-8-14-6-4-3-5-7-14/h3-7,9,15H,8,10-13H2,1-2H3,(H2,19,22). The maximum Gasteiger partial charge on any atom is 0.226 e. The number of nitrogens with zero attached hydrogens (tertiary/aromatic N) is 1. The summed E-state index contributed by atoms with van der Waals surface area (Å²) in [5.41, 5.74) is 6.50. The summed E-state index contributed by atoms with van der Waals surface area (Å²) in [6.45, 7) is 5.44. The van der Waals surface area contributed by atoms with Gasteiger partial charge in [-0.05, 0) is 30.2 Å². The van der Waals surface area contributed by atoms with E-state index in [1.54, 1.807) is 6.42 Å². The summed E-state index contributed by atoms with van der Waals surface area (Å²) in [4.78, 5) is 25.8. The molecular formula is C18H25N2O2. The molecule has 0 aromatic heterocycles. The highest BCUT2D eigenvalue weighted by molar-refractivity contribution is 5.85. The third kappa shape index (κ3) is 4.58. The molecule has 1 heterocycles. The fourth-order valence-electron chi connectivity index (χ4n) is 3.12. The molecule has 0 aliphatic carbocycles. The van der Waals surface area contributed by atoms with Crippen molar-refractivity contribution < 1.29 is 9.59 Å². The lowest BCUT2D eigenvalue weighted by Crippen LogP contribution is -2.38. The molecule has 4 heteroatoms. The second-order valence-electron chi connectivity index (χ2n) is 6.91. The van der Waals surface area contributed by atoms with Gasteiger partial charge in [0.15, 0.2) is 0 Å². The monoisotopic (exact) mass is 301 g/mol. The summed E-state index contributed by atoms with van der Waals surface area (Å²) in [5.74, 6) is -0.348. The number of rotatable bonds is 4. The first kappa shape index (κ1) is 16.5. The molecule has 0 bridgehead atoms. The first-order chi connectivity index (χ1) is 10.4. The quantitative estimate of drug-likeness (QED) is 0.926. The minimum absolute atomic E-state index is 0.0436. The normalized spacial score (nSPS) is 21.2. The highest BCUT2D eigenvalue weighted by Gasteiger charge is 2.33. The van der Waals surface area contributed by atoms with Crippen LogP contribution in [0.4, 0.5) is 0 Å². The number of nitrogens with two attached hydrogens (primary N) is 1. The van der Waals surface area contributed by atoms with Gasteiger partial charge in [0.25, 0.3) is 0 Å². The maximum absolute atomic E-state index is 12.4. The number of amides is 2. The summed E-state index contributed by atoms with van der Waals surface area (Å²) >= 11 is 0. The highest BCUT2D eigenvalue weighted by Crippen LogP contribution is 2.32. The SMILES string of the molecule is CC1(C)CC(C(N)=O)CCN(C(=O)[CH]Cc2ccccc2)C1. The molecule has 4 nitrogen and oxygen atoms in total. The molecule has 119 valence electrons. The molecule has 2 rings (SSSR count). The number of primary amides is 1. The van der Waals surface area contributed by atoms with Gasteiger partial charge in [-0.3, -0.25) is 9.59 Å². The first-order valence-corrected chi connectivity index (χ1v) is 7.83. The third-order valence-corrected chi connectivity index (χ3v) is 4.23. The van der Waals surface area contributed by atoms with E-state index >= 15 is 0 Å². The summed E-state index contributed by atoms with van der Waals surface area (Å²) < 4.78 is 0. The Morgan fingerprint density at radius 3 is 2.64 bits per heavy atom. The molecule has 1 aromatic rings. The average molecular weight is 301 g/mol. The molecule has 0 spiro atoms. The van der Waals surface area contributed by atoms with Crippen molar-refractivity contribution in [1.29, 1.82) is 0 Å². The predicted octanol–water partition coefficient (Wildman–Crippen LogP) is 2.18. The molecular weight excluding hydrogens is 276 g/mol. The van der Waals surface area contributed by atoms with Crippen molar-refractivity contribution in [3.05, 3.63) is 42.3 Å². The second kappa shape index (κ2) is 6.95. The topological polar surface area (TPSA) is 63.4 Å². The van der Waals surface area contributed by atoms with Gasteiger partial charge in [0.2, 0.25) is 11.8 Å². The van der Waals surface area contributed by atoms with Gasteiger partial charge in [-0.2, -0.15) is 0 Å². The predicted molar refractivity (Wildman–Crippen MR) is 86.7 cm³/mol. The zero-order valence-corrected chi connectivity index (χ0v) is 13.4. The molecule has 1 aromatic carbocycles. The van der Waals surface area contributed by atoms with E-state index in [9.17, 15) is 9.59 Å². The molecule has 0 saturated carbocycles. The van der Waals surface area contributed by atoms with Crippen LogP contribution in [0.1, 0.15) is 32.3 Å². The molecule has 1 saturated heterocycles. The Balaban J connectivity index is 1.95. The maximum atomic E-state index is 12.4. The summed E-state index contributed by atoms with van der Waals surface area (Å²) in [5, 5.41) is 0. The van der Waals surface area contributed by atoms with Crippen molar-refractivity contribution in [2.45, 2.75) is 33.1 Å². The third-order valence-electron chi connectivity index (χ3n) is 4.23. The molecule has 1 fully saturated rings. The van der Waals surface area contributed by atoms with E-state index in [2.05, 4.69) is 13.8 Å². The first-order valence-electron chi connectivity index (χ1n) is 7.83. The number of benzene rings is 1. The van der Waals surface area contributed by atoms with E-state index in [1.807, 2.05) is 35.2 Å². The molecule has 2 N–H and O–H groups in total. The molecule has 22 heavy (non-hydrogen) atoms. The van der Waals surface area contributed by atoms with E-state index < -0.39 is 0 Å². The van der Waals surface area contributed by atoms with E-state index in [4.69, 9.17) is 5.73 Å². The number of hydrogen-bond acceptors (Lipinski definition) is 2. The minimum Gasteiger partial charge on any atom is -0.369 e. The molecule has 1 aliphatic rings. The lowest BCUT2D eigenvalue weighted by molar-refractivity contribution is -0.128. The van der Waals surface area contributed by atoms with E-state index in [-0.39, 0.29) is 23.1 Å². The van der Waals surface area contributed by atoms with Crippen molar-refractivity contribution in [3.8, 4) is 0 Å². The number of carbonyl (C=O) groups is 2. The van der Waals surface area contributed by atoms with Crippen molar-refractivity contribution in [1.82, 2.24) is 4.90 Å². The van der Waals surface area contributed by atoms with E-state index in [0.717, 1.165) is 12.0 Å². The Morgan fingerprint density at radius 2 is 2.00 bits per heavy atom. The molecule has 1 atom stereocenters. The molecule has 1 unspecified atom stereocenters. The van der Waals surface area contributed by atoms with Crippen LogP contribution in [0.5, 0.6) is 0 Å². The Morgan fingerprint density at radius 1 is 1.32 bits per heavy atom. The van der Waals surface area contributed by atoms with Gasteiger partial charge >= 0.3 is 0 Å². The van der Waals surface area contributed by atoms with E-state index in [1.165, 1.54) is 0 Å². The van der Waals surface area contributed by atoms with Gasteiger partial charge in [0.05, 0.1) is 6.42 Å². The van der Waals surface area contributed by atoms with Gasteiger partial charge in [0, 0.05) is 19.0 Å². The summed E-state index contributed by atoms with van der Waals surface area (Å²) in [6, 6.07) is 9.94. The summed E-state index contributed by atoms with van der Waals surface area (Å²) in [6.07, 6.45) is 3.76. The van der Waals surface area contributed by atoms with Crippen LogP contribution in [0.15, 0.2) is 30.3 Å². The van der Waals surface area contributed by atoms with Crippen LogP contribution < -0.4 is 5.73 Å². The summed E-state index contributed by atoms with van der Waals surface area (Å²) in [7, 11) is 0. The fraction of sp³-hybridized carbons (Fsp3) is 0.500. The Bertz CT molecular complexity index is 525. The van der Waals surface area contributed by atoms with Crippen molar-refractivity contribution in [3.63, 3.8) is 0 Å². The zero-order chi connectivity index (χ0) is 16.2. The fourth-order valence-corrected chi connectivity index (χ4v) is 3.12. The Labute approximate surface area is 132 Å². The zero-order valence-electron chi connectivity index (χ0n) is 13.4. The van der Waals surface area contributed by atoms with Crippen LogP contribution in [0.25, 0.3) is 0 Å². The Hall–Kier alpha value is -1.84. The van der Waals surface area contributed by atoms with Crippen LogP contribution in [-0.2, 0) is 16.0 Å². The largest absolute Gasteiger partial charge is 0.369 e. The lowest BCUT2D eigenvalue weighted by Gasteiger charge is -2.30. The second-order valence-corrected chi connectivity index (χ2v) is 6.91. The lowest BCUT2D eigenvalue weighted by atomic mass is 9.82. The van der Waals surface area contributed by atoms with Gasteiger partial charge in [-0.15, -0.1) is 0 Å². The Kier molecular flexibility index (Phi) is 5.22. The van der Waals surface area contributed by atoms with Crippen LogP contribution in [-0.4, -0.2) is 29.8 Å². The average Bonchev–Trinajstić information content (AvgIpc) is 2.64. The minimum atomic E-state index is -0.254. The van der Waals surface area contributed by atoms with Crippen LogP contribution in [0, 0.1) is 17.8 Å². The van der Waals surface area contributed by atoms with Crippen molar-refractivity contribution >= 4 is 11.8 Å². The highest BCUT2D eigenvalue weighted by atomic mass is 16.2. The molecule has 1 aliphatic heterocycles. The van der Waals surface area contributed by atoms with Gasteiger partial charge in [0.1, 0.15) is 0 Å². The van der Waals surface area contributed by atoms with Crippen LogP contribution in [0.3, 0.4) is 0 Å². The van der Waals surface area contributed by atoms with Crippen molar-refractivity contribution in [2.24, 2.45) is 17.1 Å². The van der Waals surface area contributed by atoms with Crippen molar-refractivity contribution in [2.75, 3.05) is 13.1 Å².